The number of anilines is 1. The van der Waals surface area contributed by atoms with E-state index in [4.69, 9.17) is 0 Å². The molecule has 1 aromatic heterocycles. The Morgan fingerprint density at radius 2 is 1.53 bits per heavy atom. The molecule has 2 amide bonds. The lowest BCUT2D eigenvalue weighted by Crippen LogP contribution is -2.35. The number of hydrogen-bond donors (Lipinski definition) is 2. The molecule has 2 N–H and O–H groups in total. The maximum absolute atomic E-state index is 12.3. The van der Waals surface area contributed by atoms with Crippen molar-refractivity contribution in [3.63, 3.8) is 0 Å². The van der Waals surface area contributed by atoms with Gasteiger partial charge in [-0.1, -0.05) is 30.3 Å². The molecule has 0 spiro atoms. The number of amides is 2. The minimum Gasteiger partial charge on any atom is -0.357 e. The third-order valence-electron chi connectivity index (χ3n) is 6.09. The van der Waals surface area contributed by atoms with Crippen LogP contribution in [-0.2, 0) is 19.6 Å². The highest BCUT2D eigenvalue weighted by Crippen LogP contribution is 2.18. The van der Waals surface area contributed by atoms with Crippen molar-refractivity contribution in [2.24, 2.45) is 0 Å². The minimum atomic E-state index is -0.147. The average molecular weight is 408 g/mol. The summed E-state index contributed by atoms with van der Waals surface area (Å²) in [6.45, 7) is 6.52. The van der Waals surface area contributed by atoms with Crippen molar-refractivity contribution >= 4 is 11.8 Å². The van der Waals surface area contributed by atoms with Crippen LogP contribution in [0.2, 0.25) is 0 Å². The number of hydrogen-bond acceptors (Lipinski definition) is 4. The van der Waals surface area contributed by atoms with E-state index >= 15 is 0 Å². The molecule has 0 aliphatic carbocycles. The van der Waals surface area contributed by atoms with E-state index < -0.39 is 0 Å². The maximum Gasteiger partial charge on any atom is 0.315 e. The van der Waals surface area contributed by atoms with E-state index in [1.54, 1.807) is 0 Å². The number of carbonyl (C=O) groups excluding carboxylic acids is 1. The smallest absolute Gasteiger partial charge is 0.315 e. The van der Waals surface area contributed by atoms with Crippen LogP contribution in [0.4, 0.5) is 10.6 Å². The molecule has 2 aliphatic heterocycles. The van der Waals surface area contributed by atoms with Crippen LogP contribution in [-0.4, -0.2) is 42.1 Å². The van der Waals surface area contributed by atoms with Crippen LogP contribution >= 0.6 is 0 Å². The summed E-state index contributed by atoms with van der Waals surface area (Å²) >= 11 is 0. The summed E-state index contributed by atoms with van der Waals surface area (Å²) in [5.74, 6) is 1.04. The SMILES string of the molecule is O=C(NCc1ccc(N2CCCCC2)nc1)NCc1ccccc1CN1CCCC1. The van der Waals surface area contributed by atoms with Crippen LogP contribution in [0.25, 0.3) is 0 Å². The zero-order valence-corrected chi connectivity index (χ0v) is 17.8. The molecule has 0 atom stereocenters. The van der Waals surface area contributed by atoms with Crippen LogP contribution in [0.5, 0.6) is 0 Å². The lowest BCUT2D eigenvalue weighted by Gasteiger charge is -2.27. The Morgan fingerprint density at radius 3 is 2.27 bits per heavy atom. The average Bonchev–Trinajstić information content (AvgIpc) is 3.31. The van der Waals surface area contributed by atoms with Crippen LogP contribution in [0.3, 0.4) is 0 Å². The zero-order chi connectivity index (χ0) is 20.6. The van der Waals surface area contributed by atoms with E-state index in [-0.39, 0.29) is 6.03 Å². The number of pyridine rings is 1. The first kappa shape index (κ1) is 20.7. The number of urea groups is 1. The molecule has 2 fully saturated rings. The van der Waals surface area contributed by atoms with Crippen LogP contribution in [0, 0.1) is 0 Å². The summed E-state index contributed by atoms with van der Waals surface area (Å²) in [6, 6.07) is 12.4. The van der Waals surface area contributed by atoms with Gasteiger partial charge in [0.05, 0.1) is 0 Å². The van der Waals surface area contributed by atoms with Gasteiger partial charge in [0.1, 0.15) is 5.82 Å². The van der Waals surface area contributed by atoms with Crippen LogP contribution in [0.15, 0.2) is 42.6 Å². The van der Waals surface area contributed by atoms with Crippen molar-refractivity contribution in [1.29, 1.82) is 0 Å². The Labute approximate surface area is 179 Å². The number of piperidine rings is 1. The fourth-order valence-electron chi connectivity index (χ4n) is 4.32. The van der Waals surface area contributed by atoms with Gasteiger partial charge in [0.25, 0.3) is 0 Å². The molecule has 6 heteroatoms. The van der Waals surface area contributed by atoms with Crippen molar-refractivity contribution in [3.05, 3.63) is 59.3 Å². The fraction of sp³-hybridized carbons (Fsp3) is 0.500. The maximum atomic E-state index is 12.3. The number of nitrogens with one attached hydrogen (secondary N) is 2. The van der Waals surface area contributed by atoms with E-state index in [0.29, 0.717) is 13.1 Å². The molecule has 160 valence electrons. The van der Waals surface area contributed by atoms with Crippen molar-refractivity contribution in [2.45, 2.75) is 51.7 Å². The number of nitrogens with zero attached hydrogens (tertiary/aromatic N) is 3. The van der Waals surface area contributed by atoms with Crippen LogP contribution < -0.4 is 15.5 Å². The molecule has 2 saturated heterocycles. The van der Waals surface area contributed by atoms with Gasteiger partial charge in [-0.25, -0.2) is 9.78 Å². The summed E-state index contributed by atoms with van der Waals surface area (Å²) in [6.07, 6.45) is 8.25. The van der Waals surface area contributed by atoms with Crippen molar-refractivity contribution in [3.8, 4) is 0 Å². The zero-order valence-electron chi connectivity index (χ0n) is 17.8. The minimum absolute atomic E-state index is 0.147. The Morgan fingerprint density at radius 1 is 0.833 bits per heavy atom. The van der Waals surface area contributed by atoms with Gasteiger partial charge in [-0.2, -0.15) is 0 Å². The number of likely N-dealkylation sites (tertiary alicyclic amines) is 1. The van der Waals surface area contributed by atoms with Gasteiger partial charge in [-0.05, 0) is 68.0 Å². The largest absolute Gasteiger partial charge is 0.357 e. The molecule has 2 aromatic rings. The Hall–Kier alpha value is -2.60. The highest BCUT2D eigenvalue weighted by atomic mass is 16.2. The highest BCUT2D eigenvalue weighted by Gasteiger charge is 2.14. The Kier molecular flexibility index (Phi) is 7.19. The topological polar surface area (TPSA) is 60.5 Å². The standard InChI is InChI=1S/C24H33N5O/c30-24(26-17-20-10-11-23(25-16-20)29-14-4-1-5-15-29)27-18-21-8-2-3-9-22(21)19-28-12-6-7-13-28/h2-3,8-11,16H,1,4-7,12-15,17-19H2,(H2,26,27,30). The summed E-state index contributed by atoms with van der Waals surface area (Å²) in [5, 5.41) is 5.95. The van der Waals surface area contributed by atoms with Crippen LogP contribution in [0.1, 0.15) is 48.8 Å². The third-order valence-corrected chi connectivity index (χ3v) is 6.09. The predicted octanol–water partition coefficient (Wildman–Crippen LogP) is 3.67. The molecule has 0 radical (unpaired) electrons. The lowest BCUT2D eigenvalue weighted by molar-refractivity contribution is 0.240. The van der Waals surface area contributed by atoms with E-state index in [2.05, 4.69) is 55.7 Å². The van der Waals surface area contributed by atoms with Gasteiger partial charge in [-0.3, -0.25) is 4.90 Å². The second-order valence-corrected chi connectivity index (χ2v) is 8.36. The van der Waals surface area contributed by atoms with Gasteiger partial charge < -0.3 is 15.5 Å². The molecule has 30 heavy (non-hydrogen) atoms. The highest BCUT2D eigenvalue weighted by molar-refractivity contribution is 5.73. The summed E-state index contributed by atoms with van der Waals surface area (Å²) in [4.78, 5) is 21.7. The van der Waals surface area contributed by atoms with Crippen molar-refractivity contribution in [2.75, 3.05) is 31.1 Å². The number of aromatic nitrogens is 1. The normalized spacial score (nSPS) is 17.1. The molecule has 0 saturated carbocycles. The summed E-state index contributed by atoms with van der Waals surface area (Å²) in [5.41, 5.74) is 3.50. The number of rotatable bonds is 7. The monoisotopic (exact) mass is 407 g/mol. The second-order valence-electron chi connectivity index (χ2n) is 8.36. The molecule has 6 nitrogen and oxygen atoms in total. The lowest BCUT2D eigenvalue weighted by atomic mass is 10.1. The first-order valence-electron chi connectivity index (χ1n) is 11.3. The molecule has 0 bridgehead atoms. The molecule has 0 unspecified atom stereocenters. The van der Waals surface area contributed by atoms with Gasteiger partial charge in [-0.15, -0.1) is 0 Å². The van der Waals surface area contributed by atoms with Crippen molar-refractivity contribution in [1.82, 2.24) is 20.5 Å². The van der Waals surface area contributed by atoms with Crippen molar-refractivity contribution < 1.29 is 4.79 Å². The summed E-state index contributed by atoms with van der Waals surface area (Å²) in [7, 11) is 0. The summed E-state index contributed by atoms with van der Waals surface area (Å²) < 4.78 is 0. The molecule has 3 heterocycles. The predicted molar refractivity (Wildman–Crippen MR) is 120 cm³/mol. The van der Waals surface area contributed by atoms with Gasteiger partial charge in [0.15, 0.2) is 0 Å². The van der Waals surface area contributed by atoms with Gasteiger partial charge >= 0.3 is 6.03 Å². The molecule has 1 aromatic carbocycles. The molecular weight excluding hydrogens is 374 g/mol. The quantitative estimate of drug-likeness (QED) is 0.735. The molecule has 2 aliphatic rings. The van der Waals surface area contributed by atoms with E-state index in [0.717, 1.165) is 31.0 Å². The molecule has 4 rings (SSSR count). The Balaban J connectivity index is 1.23. The first-order chi connectivity index (χ1) is 14.8. The third kappa shape index (κ3) is 5.72. The van der Waals surface area contributed by atoms with E-state index in [9.17, 15) is 4.79 Å². The van der Waals surface area contributed by atoms with E-state index in [1.165, 1.54) is 56.3 Å². The first-order valence-corrected chi connectivity index (χ1v) is 11.3. The number of benzene rings is 1. The Bertz CT molecular complexity index is 811. The second kappa shape index (κ2) is 10.4. The number of carbonyl (C=O) groups is 1. The van der Waals surface area contributed by atoms with E-state index in [1.807, 2.05) is 12.3 Å². The fourth-order valence-corrected chi connectivity index (χ4v) is 4.32. The van der Waals surface area contributed by atoms with Gasteiger partial charge in [0.2, 0.25) is 0 Å². The molecular formula is C24H33N5O. The van der Waals surface area contributed by atoms with Gasteiger partial charge in [0, 0.05) is 38.9 Å².